The van der Waals surface area contributed by atoms with Gasteiger partial charge in [0.2, 0.25) is 0 Å². The third-order valence-electron chi connectivity index (χ3n) is 2.70. The van der Waals surface area contributed by atoms with Gasteiger partial charge in [-0.3, -0.25) is 4.72 Å². The number of thiophene rings is 1. The second-order valence-electron chi connectivity index (χ2n) is 3.65. The van der Waals surface area contributed by atoms with Crippen molar-refractivity contribution < 1.29 is 0 Å². The summed E-state index contributed by atoms with van der Waals surface area (Å²) in [7, 11) is 1.95. The van der Waals surface area contributed by atoms with Crippen molar-refractivity contribution in [1.82, 2.24) is 19.0 Å². The van der Waals surface area contributed by atoms with E-state index in [2.05, 4.69) is 19.0 Å². The lowest BCUT2D eigenvalue weighted by atomic mass is 10.1. The summed E-state index contributed by atoms with van der Waals surface area (Å²) in [5.74, 6) is 0. The van der Waals surface area contributed by atoms with Crippen LogP contribution in [-0.2, 0) is 13.0 Å². The molecule has 0 amide bonds. The molecule has 0 unspecified atom stereocenters. The number of nitrogens with zero attached hydrogens (tertiary/aromatic N) is 3. The molecule has 3 rings (SSSR count). The number of fused-ring (bicyclic) bond motifs is 3. The van der Waals surface area contributed by atoms with E-state index >= 15 is 0 Å². The molecule has 0 fully saturated rings. The van der Waals surface area contributed by atoms with Gasteiger partial charge in [0.25, 0.3) is 0 Å². The van der Waals surface area contributed by atoms with E-state index in [1.54, 1.807) is 18.5 Å². The summed E-state index contributed by atoms with van der Waals surface area (Å²) in [6.45, 7) is 2.08. The first kappa shape index (κ1) is 10.5. The van der Waals surface area contributed by atoms with Crippen LogP contribution in [0.2, 0.25) is 0 Å². The number of hydrogen-bond donors (Lipinski definition) is 1. The van der Waals surface area contributed by atoms with E-state index in [9.17, 15) is 0 Å². The van der Waals surface area contributed by atoms with E-state index in [1.165, 1.54) is 15.8 Å². The molecule has 0 bridgehead atoms. The van der Waals surface area contributed by atoms with Crippen LogP contribution in [0.1, 0.15) is 10.4 Å². The fourth-order valence-corrected chi connectivity index (χ4v) is 3.74. The van der Waals surface area contributed by atoms with Crippen LogP contribution < -0.4 is 4.72 Å². The van der Waals surface area contributed by atoms with Crippen LogP contribution in [0.5, 0.6) is 0 Å². The van der Waals surface area contributed by atoms with Crippen molar-refractivity contribution in [1.29, 1.82) is 0 Å². The molecular weight excluding hydrogens is 240 g/mol. The first-order chi connectivity index (χ1) is 7.88. The maximum Gasteiger partial charge on any atom is 0.127 e. The Morgan fingerprint density at radius 2 is 2.50 bits per heavy atom. The van der Waals surface area contributed by atoms with Gasteiger partial charge in [0.15, 0.2) is 0 Å². The minimum atomic E-state index is 0.980. The van der Waals surface area contributed by atoms with Gasteiger partial charge in [-0.1, -0.05) is 0 Å². The van der Waals surface area contributed by atoms with E-state index in [1.807, 2.05) is 24.6 Å². The fourth-order valence-electron chi connectivity index (χ4n) is 2.00. The molecule has 6 heteroatoms. The predicted molar refractivity (Wildman–Crippen MR) is 68.2 cm³/mol. The van der Waals surface area contributed by atoms with Gasteiger partial charge < -0.3 is 0 Å². The zero-order chi connectivity index (χ0) is 11.0. The van der Waals surface area contributed by atoms with Gasteiger partial charge in [0.05, 0.1) is 0 Å². The van der Waals surface area contributed by atoms with E-state index in [-0.39, 0.29) is 0 Å². The van der Waals surface area contributed by atoms with Crippen LogP contribution in [0.3, 0.4) is 0 Å². The highest BCUT2D eigenvalue weighted by molar-refractivity contribution is 7.95. The average molecular weight is 252 g/mol. The molecular formula is C10H12N4S2. The Labute approximate surface area is 102 Å². The van der Waals surface area contributed by atoms with Gasteiger partial charge >= 0.3 is 0 Å². The Hall–Kier alpha value is -0.690. The van der Waals surface area contributed by atoms with Crippen molar-refractivity contribution in [3.8, 4) is 0 Å². The standard InChI is InChI=1S/C10H12N4S2/c1-11-16-14-3-2-9-8(5-14)7-4-12-6-13-10(7)15-9/h4,6,11H,2-3,5H2,1H3. The molecule has 1 aliphatic rings. The van der Waals surface area contributed by atoms with Gasteiger partial charge in [-0.15, -0.1) is 11.3 Å². The van der Waals surface area contributed by atoms with Gasteiger partial charge in [-0.05, 0) is 19.0 Å². The average Bonchev–Trinajstić information content (AvgIpc) is 2.68. The van der Waals surface area contributed by atoms with Crippen LogP contribution in [0.15, 0.2) is 12.5 Å². The summed E-state index contributed by atoms with van der Waals surface area (Å²) in [6, 6.07) is 0. The number of aromatic nitrogens is 2. The molecule has 0 atom stereocenters. The lowest BCUT2D eigenvalue weighted by molar-refractivity contribution is 0.448. The normalized spacial score (nSPS) is 16.6. The van der Waals surface area contributed by atoms with Crippen LogP contribution in [0, 0.1) is 0 Å². The summed E-state index contributed by atoms with van der Waals surface area (Å²) in [5.41, 5.74) is 1.41. The maximum absolute atomic E-state index is 4.32. The molecule has 0 spiro atoms. The van der Waals surface area contributed by atoms with Crippen LogP contribution >= 0.6 is 23.5 Å². The lowest BCUT2D eigenvalue weighted by Crippen LogP contribution is -2.26. The van der Waals surface area contributed by atoms with Crippen LogP contribution in [0.25, 0.3) is 10.2 Å². The lowest BCUT2D eigenvalue weighted by Gasteiger charge is -2.24. The van der Waals surface area contributed by atoms with Crippen molar-refractivity contribution in [2.75, 3.05) is 13.6 Å². The zero-order valence-corrected chi connectivity index (χ0v) is 10.6. The van der Waals surface area contributed by atoms with Crippen molar-refractivity contribution in [3.63, 3.8) is 0 Å². The predicted octanol–water partition coefficient (Wildman–Crippen LogP) is 1.83. The van der Waals surface area contributed by atoms with Gasteiger partial charge in [-0.2, -0.15) is 0 Å². The summed E-state index contributed by atoms with van der Waals surface area (Å²) >= 11 is 3.49. The van der Waals surface area contributed by atoms with Crippen molar-refractivity contribution >= 4 is 33.7 Å². The van der Waals surface area contributed by atoms with Gasteiger partial charge in [0.1, 0.15) is 11.2 Å². The molecule has 0 saturated heterocycles. The Bertz CT molecular complexity index is 510. The summed E-state index contributed by atoms with van der Waals surface area (Å²) in [6.07, 6.45) is 4.68. The van der Waals surface area contributed by atoms with E-state index < -0.39 is 0 Å². The van der Waals surface area contributed by atoms with E-state index in [0.717, 1.165) is 24.3 Å². The first-order valence-electron chi connectivity index (χ1n) is 5.17. The molecule has 2 aromatic rings. The second kappa shape index (κ2) is 4.29. The Balaban J connectivity index is 2.01. The summed E-state index contributed by atoms with van der Waals surface area (Å²) in [5, 5.41) is 1.23. The molecule has 1 N–H and O–H groups in total. The van der Waals surface area contributed by atoms with Crippen molar-refractivity contribution in [3.05, 3.63) is 23.0 Å². The first-order valence-corrected chi connectivity index (χ1v) is 6.76. The minimum absolute atomic E-state index is 0.980. The highest BCUT2D eigenvalue weighted by atomic mass is 32.2. The van der Waals surface area contributed by atoms with Gasteiger partial charge in [-0.25, -0.2) is 14.3 Å². The topological polar surface area (TPSA) is 41.0 Å². The highest BCUT2D eigenvalue weighted by Crippen LogP contribution is 2.34. The molecule has 0 aromatic carbocycles. The largest absolute Gasteiger partial charge is 0.254 e. The second-order valence-corrected chi connectivity index (χ2v) is 5.85. The molecule has 84 valence electrons. The molecule has 4 nitrogen and oxygen atoms in total. The SMILES string of the molecule is CNSN1CCc2sc3ncncc3c2C1. The molecule has 0 aliphatic carbocycles. The monoisotopic (exact) mass is 252 g/mol. The number of hydrogen-bond acceptors (Lipinski definition) is 6. The molecule has 16 heavy (non-hydrogen) atoms. The molecule has 0 saturated carbocycles. The summed E-state index contributed by atoms with van der Waals surface area (Å²) in [4.78, 5) is 11.0. The van der Waals surface area contributed by atoms with Gasteiger partial charge in [0, 0.05) is 41.7 Å². The van der Waals surface area contributed by atoms with Crippen LogP contribution in [0.4, 0.5) is 0 Å². The Kier molecular flexibility index (Phi) is 2.81. The minimum Gasteiger partial charge on any atom is -0.254 e. The summed E-state index contributed by atoms with van der Waals surface area (Å²) < 4.78 is 5.46. The smallest absolute Gasteiger partial charge is 0.127 e. The Morgan fingerprint density at radius 3 is 3.38 bits per heavy atom. The number of rotatable bonds is 2. The molecule has 2 aromatic heterocycles. The maximum atomic E-state index is 4.32. The van der Waals surface area contributed by atoms with Crippen molar-refractivity contribution in [2.24, 2.45) is 0 Å². The number of nitrogens with one attached hydrogen (secondary N) is 1. The van der Waals surface area contributed by atoms with E-state index in [4.69, 9.17) is 0 Å². The molecule has 3 heterocycles. The fraction of sp³-hybridized carbons (Fsp3) is 0.400. The third-order valence-corrected chi connectivity index (χ3v) is 4.67. The quantitative estimate of drug-likeness (QED) is 0.826. The Morgan fingerprint density at radius 1 is 1.56 bits per heavy atom. The zero-order valence-electron chi connectivity index (χ0n) is 8.93. The molecule has 1 aliphatic heterocycles. The van der Waals surface area contributed by atoms with E-state index in [0.29, 0.717) is 0 Å². The molecule has 0 radical (unpaired) electrons. The van der Waals surface area contributed by atoms with Crippen molar-refractivity contribution in [2.45, 2.75) is 13.0 Å². The highest BCUT2D eigenvalue weighted by Gasteiger charge is 2.21. The van der Waals surface area contributed by atoms with Crippen LogP contribution in [-0.4, -0.2) is 27.9 Å². The third kappa shape index (κ3) is 1.71.